The first kappa shape index (κ1) is 33.0. The molecule has 10 aromatic rings. The van der Waals surface area contributed by atoms with Crippen molar-refractivity contribution in [3.05, 3.63) is 187 Å². The van der Waals surface area contributed by atoms with Gasteiger partial charge < -0.3 is 9.55 Å². The van der Waals surface area contributed by atoms with Crippen LogP contribution in [0.1, 0.15) is 40.2 Å². The van der Waals surface area contributed by atoms with Crippen LogP contribution in [-0.2, 0) is 5.41 Å². The summed E-state index contributed by atoms with van der Waals surface area (Å²) in [4.78, 5) is 3.81. The lowest BCUT2D eigenvalue weighted by molar-refractivity contribution is 0.660. The van der Waals surface area contributed by atoms with Crippen LogP contribution in [0.4, 0.5) is 0 Å². The summed E-state index contributed by atoms with van der Waals surface area (Å²) in [7, 11) is 0. The first-order valence-electron chi connectivity index (χ1n) is 19.5. The fraction of sp³-hybridized carbons (Fsp3) is 0.0943. The average Bonchev–Trinajstić information content (AvgIpc) is 3.87. The number of hydrogen-bond donors (Lipinski definition) is 1. The number of H-pyrrole nitrogens is 1. The molecule has 55 heavy (non-hydrogen) atoms. The summed E-state index contributed by atoms with van der Waals surface area (Å²) in [6, 6.07) is 64.7. The molecule has 0 atom stereocenters. The highest BCUT2D eigenvalue weighted by molar-refractivity contribution is 6.13. The van der Waals surface area contributed by atoms with E-state index in [9.17, 15) is 0 Å². The average molecular weight is 709 g/mol. The molecule has 1 N–H and O–H groups in total. The summed E-state index contributed by atoms with van der Waals surface area (Å²) in [5, 5.41) is 5.01. The van der Waals surface area contributed by atoms with Gasteiger partial charge in [0.05, 0.1) is 16.6 Å². The lowest BCUT2D eigenvalue weighted by Crippen LogP contribution is -2.14. The van der Waals surface area contributed by atoms with Gasteiger partial charge >= 0.3 is 0 Å². The van der Waals surface area contributed by atoms with Crippen LogP contribution in [0.15, 0.2) is 176 Å². The van der Waals surface area contributed by atoms with Crippen LogP contribution in [0.25, 0.3) is 93.8 Å². The van der Waals surface area contributed by atoms with Crippen molar-refractivity contribution in [1.82, 2.24) is 9.55 Å². The van der Waals surface area contributed by atoms with Crippen LogP contribution in [0.2, 0.25) is 0 Å². The zero-order valence-electron chi connectivity index (χ0n) is 31.7. The zero-order valence-corrected chi connectivity index (χ0v) is 31.7. The van der Waals surface area contributed by atoms with Gasteiger partial charge in [-0.3, -0.25) is 0 Å². The molecule has 2 nitrogen and oxygen atoms in total. The van der Waals surface area contributed by atoms with Crippen molar-refractivity contribution in [2.45, 2.75) is 33.1 Å². The van der Waals surface area contributed by atoms with Gasteiger partial charge in [-0.25, -0.2) is 0 Å². The molecule has 0 unspecified atom stereocenters. The molecule has 11 rings (SSSR count). The molecule has 1 aliphatic rings. The van der Waals surface area contributed by atoms with Gasteiger partial charge in [-0.1, -0.05) is 161 Å². The number of aromatic nitrogens is 2. The Morgan fingerprint density at radius 1 is 0.436 bits per heavy atom. The van der Waals surface area contributed by atoms with E-state index in [1.807, 2.05) is 13.8 Å². The fourth-order valence-corrected chi connectivity index (χ4v) is 9.22. The molecular formula is C53H44N2. The van der Waals surface area contributed by atoms with Crippen LogP contribution in [-0.4, -0.2) is 9.55 Å². The highest BCUT2D eigenvalue weighted by Crippen LogP contribution is 2.52. The Labute approximate surface area is 323 Å². The van der Waals surface area contributed by atoms with Crippen LogP contribution >= 0.6 is 0 Å². The number of nitrogens with zero attached hydrogens (tertiary/aromatic N) is 1. The molecule has 1 aliphatic carbocycles. The summed E-state index contributed by atoms with van der Waals surface area (Å²) in [6.07, 6.45) is 0. The summed E-state index contributed by atoms with van der Waals surface area (Å²) in [5.41, 5.74) is 18.8. The van der Waals surface area contributed by atoms with Crippen LogP contribution < -0.4 is 0 Å². The Bertz CT molecular complexity index is 3050. The summed E-state index contributed by atoms with van der Waals surface area (Å²) in [5.74, 6) is 0. The van der Waals surface area contributed by atoms with E-state index in [0.717, 1.165) is 11.0 Å². The standard InChI is InChI=1S/C51H36N2.C2H6.H2/c1-51(2)44-23-6-3-19-42(44)49-37(20-12-24-45(49)51)34-15-9-13-32(29-34)33-14-10-16-35(30-33)38-21-11-22-41-43-31-36(27-28-46(43)52-50(38)41)53-47-25-7-4-17-39(47)40-18-5-8-26-48(40)53;1-2;/h3-31,52H,1-2H3;1-2H3;1H. The quantitative estimate of drug-likeness (QED) is 0.188. The van der Waals surface area contributed by atoms with Crippen molar-refractivity contribution in [2.75, 3.05) is 0 Å². The Kier molecular flexibility index (Phi) is 7.64. The third-order valence-corrected chi connectivity index (χ3v) is 11.7. The van der Waals surface area contributed by atoms with E-state index >= 15 is 0 Å². The minimum absolute atomic E-state index is 0. The lowest BCUT2D eigenvalue weighted by atomic mass is 9.82. The molecular weight excluding hydrogens is 665 g/mol. The van der Waals surface area contributed by atoms with Crippen molar-refractivity contribution < 1.29 is 1.43 Å². The molecule has 0 radical (unpaired) electrons. The van der Waals surface area contributed by atoms with E-state index in [-0.39, 0.29) is 6.84 Å². The predicted octanol–water partition coefficient (Wildman–Crippen LogP) is 15.0. The maximum absolute atomic E-state index is 3.81. The van der Waals surface area contributed by atoms with Gasteiger partial charge in [0, 0.05) is 45.2 Å². The van der Waals surface area contributed by atoms with Gasteiger partial charge in [0.1, 0.15) is 0 Å². The van der Waals surface area contributed by atoms with Gasteiger partial charge in [0.15, 0.2) is 0 Å². The number of para-hydroxylation sites is 3. The monoisotopic (exact) mass is 708 g/mol. The number of nitrogens with one attached hydrogen (secondary N) is 1. The molecule has 0 aliphatic heterocycles. The van der Waals surface area contributed by atoms with Crippen molar-refractivity contribution in [2.24, 2.45) is 0 Å². The van der Waals surface area contributed by atoms with Gasteiger partial charge in [0.25, 0.3) is 0 Å². The Balaban J connectivity index is 0.00000135. The largest absolute Gasteiger partial charge is 0.354 e. The van der Waals surface area contributed by atoms with Gasteiger partial charge in [-0.2, -0.15) is 0 Å². The molecule has 0 fully saturated rings. The molecule has 2 heteroatoms. The maximum atomic E-state index is 3.81. The maximum Gasteiger partial charge on any atom is 0.0544 e. The molecule has 2 heterocycles. The van der Waals surface area contributed by atoms with Crippen molar-refractivity contribution >= 4 is 43.6 Å². The third-order valence-electron chi connectivity index (χ3n) is 11.7. The molecule has 0 bridgehead atoms. The van der Waals surface area contributed by atoms with E-state index in [1.54, 1.807) is 0 Å². The van der Waals surface area contributed by atoms with E-state index in [1.165, 1.54) is 93.9 Å². The van der Waals surface area contributed by atoms with Gasteiger partial charge in [0.2, 0.25) is 0 Å². The first-order chi connectivity index (χ1) is 27.0. The SMILES string of the molecule is CC.CC1(C)c2ccccc2-c2c(-c3cccc(-c4cccc(-c5cccc6c5[nH]c5ccc(-n7c8ccccc8c8ccccc87)cc56)c4)c3)cccc21.[HH]. The van der Waals surface area contributed by atoms with Crippen molar-refractivity contribution in [1.29, 1.82) is 0 Å². The smallest absolute Gasteiger partial charge is 0.0544 e. The van der Waals surface area contributed by atoms with E-state index in [0.29, 0.717) is 0 Å². The second-order valence-corrected chi connectivity index (χ2v) is 15.0. The van der Waals surface area contributed by atoms with Crippen LogP contribution in [0.3, 0.4) is 0 Å². The van der Waals surface area contributed by atoms with E-state index in [4.69, 9.17) is 0 Å². The van der Waals surface area contributed by atoms with E-state index < -0.39 is 0 Å². The fourth-order valence-electron chi connectivity index (χ4n) is 9.22. The Morgan fingerprint density at radius 2 is 0.964 bits per heavy atom. The van der Waals surface area contributed by atoms with Crippen LogP contribution in [0, 0.1) is 0 Å². The van der Waals surface area contributed by atoms with Crippen LogP contribution in [0.5, 0.6) is 0 Å². The number of benzene rings is 8. The second-order valence-electron chi connectivity index (χ2n) is 15.0. The highest BCUT2D eigenvalue weighted by atomic mass is 15.0. The summed E-state index contributed by atoms with van der Waals surface area (Å²) >= 11 is 0. The topological polar surface area (TPSA) is 20.7 Å². The summed E-state index contributed by atoms with van der Waals surface area (Å²) in [6.45, 7) is 8.70. The van der Waals surface area contributed by atoms with Crippen molar-refractivity contribution in [3.8, 4) is 50.2 Å². The number of rotatable bonds is 4. The molecule has 266 valence electrons. The normalized spacial score (nSPS) is 12.9. The minimum atomic E-state index is -0.0237. The Morgan fingerprint density at radius 3 is 1.69 bits per heavy atom. The number of hydrogen-bond acceptors (Lipinski definition) is 0. The molecule has 0 saturated heterocycles. The predicted molar refractivity (Wildman–Crippen MR) is 237 cm³/mol. The van der Waals surface area contributed by atoms with Crippen molar-refractivity contribution in [3.63, 3.8) is 0 Å². The molecule has 0 amide bonds. The second kappa shape index (κ2) is 12.7. The van der Waals surface area contributed by atoms with Gasteiger partial charge in [-0.15, -0.1) is 0 Å². The molecule has 0 saturated carbocycles. The summed E-state index contributed by atoms with van der Waals surface area (Å²) < 4.78 is 2.40. The molecule has 0 spiro atoms. The minimum Gasteiger partial charge on any atom is -0.354 e. The molecule has 8 aromatic carbocycles. The third kappa shape index (κ3) is 5.02. The Hall–Kier alpha value is -6.64. The highest BCUT2D eigenvalue weighted by Gasteiger charge is 2.36. The van der Waals surface area contributed by atoms with Gasteiger partial charge in [-0.05, 0) is 92.5 Å². The lowest BCUT2D eigenvalue weighted by Gasteiger charge is -2.21. The number of aromatic amines is 1. The van der Waals surface area contributed by atoms with E-state index in [2.05, 4.69) is 199 Å². The first-order valence-corrected chi connectivity index (χ1v) is 19.5. The molecule has 2 aromatic heterocycles. The number of fused-ring (bicyclic) bond motifs is 9. The zero-order chi connectivity index (χ0) is 37.3.